The van der Waals surface area contributed by atoms with Gasteiger partial charge in [0, 0.05) is 29.2 Å². The monoisotopic (exact) mass is 354 g/mol. The van der Waals surface area contributed by atoms with Crippen LogP contribution in [-0.2, 0) is 12.8 Å². The van der Waals surface area contributed by atoms with Gasteiger partial charge in [0.05, 0.1) is 17.4 Å². The summed E-state index contributed by atoms with van der Waals surface area (Å²) < 4.78 is 2.08. The molecule has 130 valence electrons. The Balaban J connectivity index is 1.74. The van der Waals surface area contributed by atoms with Crippen molar-refractivity contribution in [2.45, 2.75) is 45.1 Å². The smallest absolute Gasteiger partial charge is 0.166 e. The van der Waals surface area contributed by atoms with Gasteiger partial charge in [0.2, 0.25) is 0 Å². The van der Waals surface area contributed by atoms with E-state index in [-0.39, 0.29) is 6.10 Å². The number of aromatic nitrogens is 3. The molecule has 1 N–H and O–H groups in total. The van der Waals surface area contributed by atoms with Crippen molar-refractivity contribution >= 4 is 22.8 Å². The molecule has 1 fully saturated rings. The number of thiophene rings is 1. The minimum atomic E-state index is -0.164. The average Bonchev–Trinajstić information content (AvgIpc) is 3.32. The number of aliphatic hydroxyl groups is 1. The molecule has 5 rings (SSSR count). The Morgan fingerprint density at radius 1 is 1.24 bits per heavy atom. The largest absolute Gasteiger partial charge is 0.393 e. The topological polar surface area (TPSA) is 53.7 Å². The van der Waals surface area contributed by atoms with Crippen LogP contribution in [0.4, 0.5) is 5.82 Å². The van der Waals surface area contributed by atoms with Gasteiger partial charge in [-0.1, -0.05) is 6.07 Å². The standard InChI is InChI=1S/C19H22N4OS/c1-12-17(16-6-3-11-25-16)18-20-15-5-2-4-14(15)19(23(18)21-12)22-9-7-13(24)8-10-22/h3,6,11,13,24H,2,4-5,7-10H2,1H3. The third kappa shape index (κ3) is 2.39. The van der Waals surface area contributed by atoms with Crippen molar-refractivity contribution in [2.24, 2.45) is 0 Å². The van der Waals surface area contributed by atoms with Gasteiger partial charge in [-0.15, -0.1) is 11.3 Å². The molecule has 0 atom stereocenters. The Morgan fingerprint density at radius 3 is 2.84 bits per heavy atom. The van der Waals surface area contributed by atoms with Crippen LogP contribution in [0, 0.1) is 6.92 Å². The lowest BCUT2D eigenvalue weighted by molar-refractivity contribution is 0.145. The molecule has 0 radical (unpaired) electrons. The number of hydrogen-bond acceptors (Lipinski definition) is 5. The Kier molecular flexibility index (Phi) is 3.57. The van der Waals surface area contributed by atoms with E-state index in [2.05, 4.69) is 33.9 Å². The van der Waals surface area contributed by atoms with Gasteiger partial charge in [-0.2, -0.15) is 9.61 Å². The van der Waals surface area contributed by atoms with Crippen LogP contribution in [0.2, 0.25) is 0 Å². The summed E-state index contributed by atoms with van der Waals surface area (Å²) in [7, 11) is 0. The summed E-state index contributed by atoms with van der Waals surface area (Å²) in [5.74, 6) is 1.22. The lowest BCUT2D eigenvalue weighted by Gasteiger charge is -2.32. The number of aryl methyl sites for hydroxylation is 2. The molecule has 0 spiro atoms. The summed E-state index contributed by atoms with van der Waals surface area (Å²) in [6.07, 6.45) is 4.81. The van der Waals surface area contributed by atoms with Crippen molar-refractivity contribution in [1.29, 1.82) is 0 Å². The van der Waals surface area contributed by atoms with Gasteiger partial charge in [0.15, 0.2) is 5.65 Å². The van der Waals surface area contributed by atoms with Crippen LogP contribution in [0.1, 0.15) is 36.2 Å². The molecule has 4 heterocycles. The van der Waals surface area contributed by atoms with Gasteiger partial charge >= 0.3 is 0 Å². The highest BCUT2D eigenvalue weighted by Gasteiger charge is 2.29. The summed E-state index contributed by atoms with van der Waals surface area (Å²) in [6, 6.07) is 4.24. The van der Waals surface area contributed by atoms with E-state index in [9.17, 15) is 5.11 Å². The molecule has 5 nitrogen and oxygen atoms in total. The summed E-state index contributed by atoms with van der Waals surface area (Å²) >= 11 is 1.74. The van der Waals surface area contributed by atoms with Crippen LogP contribution < -0.4 is 4.90 Å². The Bertz CT molecular complexity index is 923. The lowest BCUT2D eigenvalue weighted by atomic mass is 10.1. The first-order chi connectivity index (χ1) is 12.2. The van der Waals surface area contributed by atoms with E-state index in [1.165, 1.54) is 33.9 Å². The SMILES string of the molecule is Cc1nn2c(N3CCC(O)CC3)c3c(nc2c1-c1cccs1)CCC3. The average molecular weight is 354 g/mol. The predicted octanol–water partition coefficient (Wildman–Crippen LogP) is 3.22. The lowest BCUT2D eigenvalue weighted by Crippen LogP contribution is -2.37. The molecule has 0 aromatic carbocycles. The molecule has 0 amide bonds. The van der Waals surface area contributed by atoms with Crippen molar-refractivity contribution in [3.05, 3.63) is 34.5 Å². The van der Waals surface area contributed by atoms with Gasteiger partial charge in [-0.3, -0.25) is 0 Å². The molecule has 0 unspecified atom stereocenters. The van der Waals surface area contributed by atoms with Crippen LogP contribution in [0.5, 0.6) is 0 Å². The number of hydrogen-bond donors (Lipinski definition) is 1. The quantitative estimate of drug-likeness (QED) is 0.768. The van der Waals surface area contributed by atoms with Gasteiger partial charge in [0.1, 0.15) is 5.82 Å². The van der Waals surface area contributed by atoms with E-state index in [4.69, 9.17) is 10.1 Å². The van der Waals surface area contributed by atoms with E-state index < -0.39 is 0 Å². The van der Waals surface area contributed by atoms with E-state index >= 15 is 0 Å². The van der Waals surface area contributed by atoms with Gasteiger partial charge in [-0.05, 0) is 50.5 Å². The van der Waals surface area contributed by atoms with Crippen LogP contribution in [-0.4, -0.2) is 38.9 Å². The maximum absolute atomic E-state index is 9.89. The highest BCUT2D eigenvalue weighted by Crippen LogP contribution is 2.37. The first-order valence-electron chi connectivity index (χ1n) is 9.10. The molecule has 1 aliphatic heterocycles. The number of aliphatic hydroxyl groups excluding tert-OH is 1. The summed E-state index contributed by atoms with van der Waals surface area (Å²) in [6.45, 7) is 3.86. The molecule has 0 bridgehead atoms. The van der Waals surface area contributed by atoms with Crippen LogP contribution in [0.3, 0.4) is 0 Å². The van der Waals surface area contributed by atoms with Gasteiger partial charge in [0.25, 0.3) is 0 Å². The highest BCUT2D eigenvalue weighted by atomic mass is 32.1. The van der Waals surface area contributed by atoms with E-state index in [1.54, 1.807) is 11.3 Å². The Hall–Kier alpha value is -1.92. The van der Waals surface area contributed by atoms with Crippen molar-refractivity contribution in [3.8, 4) is 10.4 Å². The number of anilines is 1. The van der Waals surface area contributed by atoms with Gasteiger partial charge in [-0.25, -0.2) is 4.98 Å². The fourth-order valence-electron chi connectivity index (χ4n) is 4.23. The third-order valence-corrected chi connectivity index (χ3v) is 6.36. The van der Waals surface area contributed by atoms with E-state index in [0.29, 0.717) is 0 Å². The molecule has 6 heteroatoms. The minimum Gasteiger partial charge on any atom is -0.393 e. The van der Waals surface area contributed by atoms with Crippen LogP contribution in [0.25, 0.3) is 16.1 Å². The predicted molar refractivity (Wildman–Crippen MR) is 101 cm³/mol. The Labute approximate surface area is 150 Å². The molecule has 1 aliphatic carbocycles. The Morgan fingerprint density at radius 2 is 2.08 bits per heavy atom. The zero-order valence-corrected chi connectivity index (χ0v) is 15.2. The zero-order chi connectivity index (χ0) is 17.0. The first-order valence-corrected chi connectivity index (χ1v) is 9.98. The normalized spacial score (nSPS) is 18.2. The first kappa shape index (κ1) is 15.3. The number of rotatable bonds is 2. The minimum absolute atomic E-state index is 0.164. The third-order valence-electron chi connectivity index (χ3n) is 5.47. The molecule has 25 heavy (non-hydrogen) atoms. The van der Waals surface area contributed by atoms with E-state index in [0.717, 1.165) is 50.1 Å². The highest BCUT2D eigenvalue weighted by molar-refractivity contribution is 7.13. The van der Waals surface area contributed by atoms with Crippen LogP contribution in [0.15, 0.2) is 17.5 Å². The maximum Gasteiger partial charge on any atom is 0.166 e. The molecule has 3 aromatic rings. The molecule has 1 saturated heterocycles. The number of nitrogens with zero attached hydrogens (tertiary/aromatic N) is 4. The van der Waals surface area contributed by atoms with Crippen molar-refractivity contribution < 1.29 is 5.11 Å². The van der Waals surface area contributed by atoms with E-state index in [1.807, 2.05) is 0 Å². The second-order valence-corrected chi connectivity index (χ2v) is 8.05. The van der Waals surface area contributed by atoms with Crippen LogP contribution >= 0.6 is 11.3 Å². The van der Waals surface area contributed by atoms with Crippen molar-refractivity contribution in [1.82, 2.24) is 14.6 Å². The maximum atomic E-state index is 9.89. The number of piperidine rings is 1. The van der Waals surface area contributed by atoms with Crippen molar-refractivity contribution in [3.63, 3.8) is 0 Å². The molecule has 0 saturated carbocycles. The second-order valence-electron chi connectivity index (χ2n) is 7.11. The molecular weight excluding hydrogens is 332 g/mol. The summed E-state index contributed by atoms with van der Waals surface area (Å²) in [5.41, 5.74) is 5.80. The second kappa shape index (κ2) is 5.81. The molecular formula is C19H22N4OS. The zero-order valence-electron chi connectivity index (χ0n) is 14.4. The summed E-state index contributed by atoms with van der Waals surface area (Å²) in [4.78, 5) is 8.68. The summed E-state index contributed by atoms with van der Waals surface area (Å²) in [5, 5.41) is 16.9. The van der Waals surface area contributed by atoms with Gasteiger partial charge < -0.3 is 10.0 Å². The van der Waals surface area contributed by atoms with Crippen molar-refractivity contribution in [2.75, 3.05) is 18.0 Å². The molecule has 2 aliphatic rings. The fraction of sp³-hybridized carbons (Fsp3) is 0.474. The fourth-order valence-corrected chi connectivity index (χ4v) is 5.04. The molecule has 3 aromatic heterocycles. The number of fused-ring (bicyclic) bond motifs is 2.